The Bertz CT molecular complexity index is 1380. The van der Waals surface area contributed by atoms with Crippen LogP contribution < -0.4 is 5.32 Å². The quantitative estimate of drug-likeness (QED) is 0.238. The molecule has 1 N–H and O–H groups in total. The van der Waals surface area contributed by atoms with Crippen LogP contribution in [-0.4, -0.2) is 21.6 Å². The van der Waals surface area contributed by atoms with Crippen molar-refractivity contribution in [1.29, 1.82) is 5.26 Å². The molecule has 160 valence electrons. The van der Waals surface area contributed by atoms with Crippen LogP contribution in [0, 0.1) is 31.0 Å². The molecule has 4 rings (SSSR count). The normalized spacial score (nSPS) is 10.8. The number of aromatic nitrogens is 2. The van der Waals surface area contributed by atoms with Gasteiger partial charge in [0.2, 0.25) is 5.91 Å². The van der Waals surface area contributed by atoms with Crippen molar-refractivity contribution in [1.82, 2.24) is 9.97 Å². The summed E-state index contributed by atoms with van der Waals surface area (Å²) in [6.07, 6.45) is 0. The minimum atomic E-state index is -0.396. The molecule has 0 bridgehead atoms. The van der Waals surface area contributed by atoms with Gasteiger partial charge in [-0.05, 0) is 49.7 Å². The molecule has 0 aliphatic rings. The van der Waals surface area contributed by atoms with Crippen LogP contribution >= 0.6 is 39.0 Å². The number of carbonyl (C=O) groups is 1. The Labute approximate surface area is 200 Å². The first-order valence-electron chi connectivity index (χ1n) is 9.51. The molecule has 0 atom stereocenters. The summed E-state index contributed by atoms with van der Waals surface area (Å²) in [6, 6.07) is 14.1. The molecule has 0 unspecified atom stereocenters. The zero-order valence-electron chi connectivity index (χ0n) is 17.1. The van der Waals surface area contributed by atoms with E-state index in [2.05, 4.69) is 37.3 Å². The van der Waals surface area contributed by atoms with Crippen molar-refractivity contribution in [2.75, 3.05) is 11.1 Å². The van der Waals surface area contributed by atoms with Crippen LogP contribution in [0.2, 0.25) is 0 Å². The van der Waals surface area contributed by atoms with Gasteiger partial charge in [0, 0.05) is 20.3 Å². The standard InChI is InChI=1S/C23H16BrFN4OS2/c1-12-13(2)32-23(18(12)10-26)28-20(30)11-31-22-17-9-16(25)7-8-19(17)27-21(29-22)14-3-5-15(24)6-4-14/h3-9H,11H2,1-2H3,(H,28,30). The van der Waals surface area contributed by atoms with E-state index in [9.17, 15) is 14.4 Å². The maximum atomic E-state index is 13.9. The second-order valence-electron chi connectivity index (χ2n) is 6.96. The number of aryl methyl sites for hydroxylation is 1. The van der Waals surface area contributed by atoms with Gasteiger partial charge in [0.05, 0.1) is 16.8 Å². The summed E-state index contributed by atoms with van der Waals surface area (Å²) in [5.41, 5.74) is 2.77. The van der Waals surface area contributed by atoms with E-state index in [1.54, 1.807) is 6.07 Å². The highest BCUT2D eigenvalue weighted by atomic mass is 79.9. The fourth-order valence-electron chi connectivity index (χ4n) is 3.06. The number of hydrogen-bond donors (Lipinski definition) is 1. The Morgan fingerprint density at radius 2 is 1.97 bits per heavy atom. The van der Waals surface area contributed by atoms with E-state index in [4.69, 9.17) is 0 Å². The fourth-order valence-corrected chi connectivity index (χ4v) is 5.16. The number of anilines is 1. The Balaban J connectivity index is 1.62. The smallest absolute Gasteiger partial charge is 0.235 e. The number of fused-ring (bicyclic) bond motifs is 1. The number of thiophene rings is 1. The Kier molecular flexibility index (Phi) is 6.55. The molecule has 2 aromatic heterocycles. The Morgan fingerprint density at radius 3 is 2.69 bits per heavy atom. The lowest BCUT2D eigenvalue weighted by Gasteiger charge is -2.09. The van der Waals surface area contributed by atoms with E-state index in [0.717, 1.165) is 20.5 Å². The molecular weight excluding hydrogens is 511 g/mol. The van der Waals surface area contributed by atoms with Crippen molar-refractivity contribution >= 4 is 60.8 Å². The highest BCUT2D eigenvalue weighted by Crippen LogP contribution is 2.33. The largest absolute Gasteiger partial charge is 0.316 e. The van der Waals surface area contributed by atoms with E-state index >= 15 is 0 Å². The number of carbonyl (C=O) groups excluding carboxylic acids is 1. The molecule has 0 aliphatic carbocycles. The highest BCUT2D eigenvalue weighted by molar-refractivity contribution is 9.10. The molecule has 2 heterocycles. The molecule has 0 spiro atoms. The first-order chi connectivity index (χ1) is 15.4. The van der Waals surface area contributed by atoms with Crippen LogP contribution in [0.4, 0.5) is 9.39 Å². The molecule has 9 heteroatoms. The van der Waals surface area contributed by atoms with Crippen molar-refractivity contribution in [3.05, 3.63) is 68.8 Å². The Hall–Kier alpha value is -2.80. The lowest BCUT2D eigenvalue weighted by atomic mass is 10.2. The van der Waals surface area contributed by atoms with Gasteiger partial charge in [-0.1, -0.05) is 39.8 Å². The van der Waals surface area contributed by atoms with Gasteiger partial charge in [-0.25, -0.2) is 14.4 Å². The van der Waals surface area contributed by atoms with Crippen LogP contribution in [0.15, 0.2) is 52.0 Å². The van der Waals surface area contributed by atoms with Gasteiger partial charge in [-0.3, -0.25) is 4.79 Å². The number of thioether (sulfide) groups is 1. The molecule has 32 heavy (non-hydrogen) atoms. The van der Waals surface area contributed by atoms with Gasteiger partial charge in [0.25, 0.3) is 0 Å². The minimum Gasteiger partial charge on any atom is -0.316 e. The monoisotopic (exact) mass is 526 g/mol. The molecule has 0 radical (unpaired) electrons. The van der Waals surface area contributed by atoms with Crippen molar-refractivity contribution in [2.45, 2.75) is 18.9 Å². The number of hydrogen-bond acceptors (Lipinski definition) is 6. The lowest BCUT2D eigenvalue weighted by molar-refractivity contribution is -0.113. The highest BCUT2D eigenvalue weighted by Gasteiger charge is 2.16. The van der Waals surface area contributed by atoms with Crippen LogP contribution in [0.3, 0.4) is 0 Å². The number of nitrogens with zero attached hydrogens (tertiary/aromatic N) is 3. The predicted octanol–water partition coefficient (Wildman–Crippen LogP) is 6.48. The topological polar surface area (TPSA) is 78.7 Å². The third kappa shape index (κ3) is 4.67. The van der Waals surface area contributed by atoms with Crippen LogP contribution in [0.25, 0.3) is 22.3 Å². The fraction of sp³-hybridized carbons (Fsp3) is 0.130. The number of nitrogens with one attached hydrogen (secondary N) is 1. The molecule has 0 aliphatic heterocycles. The number of nitriles is 1. The average molecular weight is 527 g/mol. The summed E-state index contributed by atoms with van der Waals surface area (Å²) in [5.74, 6) is -0.104. The summed E-state index contributed by atoms with van der Waals surface area (Å²) in [4.78, 5) is 22.8. The number of halogens is 2. The van der Waals surface area contributed by atoms with Gasteiger partial charge in [-0.15, -0.1) is 11.3 Å². The minimum absolute atomic E-state index is 0.0588. The van der Waals surface area contributed by atoms with Gasteiger partial charge < -0.3 is 5.32 Å². The third-order valence-corrected chi connectivity index (χ3v) is 7.46. The molecule has 4 aromatic rings. The number of rotatable bonds is 5. The first-order valence-corrected chi connectivity index (χ1v) is 12.1. The Morgan fingerprint density at radius 1 is 1.22 bits per heavy atom. The SMILES string of the molecule is Cc1sc(NC(=O)CSc2nc(-c3ccc(Br)cc3)nc3ccc(F)cc23)c(C#N)c1C. The third-order valence-electron chi connectivity index (χ3n) is 4.82. The van der Waals surface area contributed by atoms with Gasteiger partial charge in [-0.2, -0.15) is 5.26 Å². The van der Waals surface area contributed by atoms with Crippen LogP contribution in [0.5, 0.6) is 0 Å². The molecule has 2 aromatic carbocycles. The zero-order chi connectivity index (χ0) is 22.8. The second-order valence-corrected chi connectivity index (χ2v) is 10.1. The molecule has 0 fully saturated rings. The van der Waals surface area contributed by atoms with Crippen LogP contribution in [0.1, 0.15) is 16.0 Å². The summed E-state index contributed by atoms with van der Waals surface area (Å²) in [5, 5.41) is 13.8. The van der Waals surface area contributed by atoms with E-state index in [1.165, 1.54) is 35.2 Å². The number of benzene rings is 2. The van der Waals surface area contributed by atoms with Crippen molar-refractivity contribution in [3.63, 3.8) is 0 Å². The van der Waals surface area contributed by atoms with E-state index in [0.29, 0.717) is 32.3 Å². The van der Waals surface area contributed by atoms with Crippen molar-refractivity contribution in [2.24, 2.45) is 0 Å². The van der Waals surface area contributed by atoms with Gasteiger partial charge >= 0.3 is 0 Å². The second kappa shape index (κ2) is 9.36. The van der Waals surface area contributed by atoms with Gasteiger partial charge in [0.1, 0.15) is 21.9 Å². The van der Waals surface area contributed by atoms with Crippen molar-refractivity contribution in [3.8, 4) is 17.5 Å². The maximum absolute atomic E-state index is 13.9. The summed E-state index contributed by atoms with van der Waals surface area (Å²) in [6.45, 7) is 3.77. The number of amides is 1. The van der Waals surface area contributed by atoms with Crippen LogP contribution in [-0.2, 0) is 4.79 Å². The van der Waals surface area contributed by atoms with Gasteiger partial charge in [0.15, 0.2) is 5.82 Å². The van der Waals surface area contributed by atoms with E-state index in [-0.39, 0.29) is 11.7 Å². The molecule has 0 saturated carbocycles. The predicted molar refractivity (Wildman–Crippen MR) is 130 cm³/mol. The molecular formula is C23H16BrFN4OS2. The summed E-state index contributed by atoms with van der Waals surface area (Å²) >= 11 is 6.00. The summed E-state index contributed by atoms with van der Waals surface area (Å²) < 4.78 is 14.9. The molecule has 1 amide bonds. The van der Waals surface area contributed by atoms with Crippen molar-refractivity contribution < 1.29 is 9.18 Å². The van der Waals surface area contributed by atoms with E-state index in [1.807, 2.05) is 38.1 Å². The zero-order valence-corrected chi connectivity index (χ0v) is 20.3. The summed E-state index contributed by atoms with van der Waals surface area (Å²) in [7, 11) is 0. The molecule has 5 nitrogen and oxygen atoms in total. The lowest BCUT2D eigenvalue weighted by Crippen LogP contribution is -2.14. The maximum Gasteiger partial charge on any atom is 0.235 e. The average Bonchev–Trinajstić information content (AvgIpc) is 3.04. The first kappa shape index (κ1) is 22.4. The van der Waals surface area contributed by atoms with E-state index < -0.39 is 5.82 Å². The molecule has 0 saturated heterocycles.